The van der Waals surface area contributed by atoms with E-state index in [4.69, 9.17) is 19.2 Å². The molecule has 1 saturated heterocycles. The number of thiazole rings is 1. The molecule has 160 valence electrons. The van der Waals surface area contributed by atoms with Crippen molar-refractivity contribution in [1.29, 1.82) is 0 Å². The minimum Gasteiger partial charge on any atom is -0.497 e. The summed E-state index contributed by atoms with van der Waals surface area (Å²) in [5, 5.41) is 4.46. The van der Waals surface area contributed by atoms with Crippen LogP contribution in [-0.2, 0) is 4.74 Å². The van der Waals surface area contributed by atoms with Crippen LogP contribution in [0.3, 0.4) is 0 Å². The first-order valence-electron chi connectivity index (χ1n) is 9.74. The Bertz CT molecular complexity index is 994. The maximum Gasteiger partial charge on any atom is 0.209 e. The molecule has 8 heteroatoms. The number of morpholine rings is 1. The normalized spacial score (nSPS) is 14.3. The van der Waals surface area contributed by atoms with Gasteiger partial charge in [0.25, 0.3) is 0 Å². The highest BCUT2D eigenvalue weighted by Crippen LogP contribution is 2.24. The maximum atomic E-state index is 5.56. The Kier molecular flexibility index (Phi) is 7.95. The fourth-order valence-electron chi connectivity index (χ4n) is 3.26. The Morgan fingerprint density at radius 3 is 2.30 bits per heavy atom. The highest BCUT2D eigenvalue weighted by Gasteiger charge is 2.17. The Balaban J connectivity index is 0.00000256. The van der Waals surface area contributed by atoms with E-state index in [1.165, 1.54) is 0 Å². The molecule has 0 unspecified atom stereocenters. The number of methoxy groups -OCH3 is 1. The number of benzene rings is 2. The summed E-state index contributed by atoms with van der Waals surface area (Å²) >= 11 is 1.64. The smallest absolute Gasteiger partial charge is 0.209 e. The zero-order chi connectivity index (χ0) is 20.1. The summed E-state index contributed by atoms with van der Waals surface area (Å²) < 4.78 is 18.6. The average molecular weight is 492 g/mol. The molecule has 0 amide bonds. The molecule has 6 nitrogen and oxygen atoms in total. The highest BCUT2D eigenvalue weighted by molar-refractivity contribution is 8.93. The van der Waals surface area contributed by atoms with Gasteiger partial charge in [0.2, 0.25) is 4.80 Å². The van der Waals surface area contributed by atoms with Crippen LogP contribution in [0.2, 0.25) is 0 Å². The van der Waals surface area contributed by atoms with Gasteiger partial charge in [-0.15, -0.1) is 28.3 Å². The van der Waals surface area contributed by atoms with E-state index in [2.05, 4.69) is 27.2 Å². The van der Waals surface area contributed by atoms with E-state index in [0.717, 1.165) is 46.3 Å². The number of hydrogen-bond acceptors (Lipinski definition) is 6. The third kappa shape index (κ3) is 5.06. The summed E-state index contributed by atoms with van der Waals surface area (Å²) in [6.07, 6.45) is 0. The van der Waals surface area contributed by atoms with Crippen molar-refractivity contribution in [2.45, 2.75) is 6.92 Å². The summed E-state index contributed by atoms with van der Waals surface area (Å²) in [5.74, 6) is 1.71. The van der Waals surface area contributed by atoms with E-state index >= 15 is 0 Å². The number of aromatic nitrogens is 1. The van der Waals surface area contributed by atoms with Gasteiger partial charge in [-0.1, -0.05) is 0 Å². The summed E-state index contributed by atoms with van der Waals surface area (Å²) in [6, 6.07) is 16.0. The Morgan fingerprint density at radius 2 is 1.67 bits per heavy atom. The monoisotopic (exact) mass is 491 g/mol. The van der Waals surface area contributed by atoms with Crippen molar-refractivity contribution in [3.05, 3.63) is 58.7 Å². The zero-order valence-electron chi connectivity index (χ0n) is 17.1. The maximum absolute atomic E-state index is 5.56. The van der Waals surface area contributed by atoms with Gasteiger partial charge in [-0.25, -0.2) is 9.67 Å². The predicted molar refractivity (Wildman–Crippen MR) is 126 cm³/mol. The minimum atomic E-state index is 0. The molecule has 1 aromatic heterocycles. The molecule has 30 heavy (non-hydrogen) atoms. The molecular formula is C22H26BrN3O3S. The standard InChI is InChI=1S/C22H25N3O3S.BrH/c1-3-28-20-10-6-18(7-11-20)23-22-25(24-12-14-27-15-13-24)21(16-29-22)17-4-8-19(26-2)9-5-17;/h4-11,16H,3,12-15H2,1-2H3;1H. The van der Waals surface area contributed by atoms with Crippen molar-refractivity contribution in [3.8, 4) is 22.8 Å². The second-order valence-electron chi connectivity index (χ2n) is 6.55. The summed E-state index contributed by atoms with van der Waals surface area (Å²) in [5.41, 5.74) is 3.14. The molecule has 0 radical (unpaired) electrons. The number of rotatable bonds is 6. The van der Waals surface area contributed by atoms with Crippen molar-refractivity contribution >= 4 is 34.0 Å². The number of halogens is 1. The lowest BCUT2D eigenvalue weighted by molar-refractivity contribution is 0.111. The van der Waals surface area contributed by atoms with Gasteiger partial charge < -0.3 is 19.2 Å². The van der Waals surface area contributed by atoms with Crippen LogP contribution in [0.25, 0.3) is 11.3 Å². The lowest BCUT2D eigenvalue weighted by Crippen LogP contribution is -2.48. The summed E-state index contributed by atoms with van der Waals surface area (Å²) in [6.45, 7) is 5.73. The van der Waals surface area contributed by atoms with E-state index < -0.39 is 0 Å². The first-order chi connectivity index (χ1) is 14.3. The van der Waals surface area contributed by atoms with Gasteiger partial charge in [0.15, 0.2) is 0 Å². The molecule has 1 aliphatic rings. The van der Waals surface area contributed by atoms with E-state index in [9.17, 15) is 0 Å². The number of ether oxygens (including phenoxy) is 3. The molecule has 0 atom stereocenters. The molecule has 4 rings (SSSR count). The van der Waals surface area contributed by atoms with E-state index in [1.54, 1.807) is 18.4 Å². The molecule has 0 aliphatic carbocycles. The third-order valence-corrected chi connectivity index (χ3v) is 5.53. The van der Waals surface area contributed by atoms with Gasteiger partial charge in [0.1, 0.15) is 11.5 Å². The molecule has 0 saturated carbocycles. The van der Waals surface area contributed by atoms with Gasteiger partial charge in [-0.05, 0) is 55.5 Å². The molecule has 1 aliphatic heterocycles. The Hall–Kier alpha value is -2.29. The number of nitrogens with zero attached hydrogens (tertiary/aromatic N) is 3. The highest BCUT2D eigenvalue weighted by atomic mass is 79.9. The second-order valence-corrected chi connectivity index (χ2v) is 7.39. The molecule has 2 aromatic carbocycles. The van der Waals surface area contributed by atoms with Gasteiger partial charge in [0.05, 0.1) is 51.4 Å². The van der Waals surface area contributed by atoms with Gasteiger partial charge in [-0.2, -0.15) is 0 Å². The molecular weight excluding hydrogens is 466 g/mol. The molecule has 0 bridgehead atoms. The van der Waals surface area contributed by atoms with Crippen molar-refractivity contribution in [2.24, 2.45) is 4.99 Å². The first-order valence-corrected chi connectivity index (χ1v) is 10.6. The zero-order valence-corrected chi connectivity index (χ0v) is 19.6. The fourth-order valence-corrected chi connectivity index (χ4v) is 4.18. The molecule has 1 fully saturated rings. The average Bonchev–Trinajstić information content (AvgIpc) is 3.19. The largest absolute Gasteiger partial charge is 0.497 e. The molecule has 0 N–H and O–H groups in total. The SMILES string of the molecule is Br.CCOc1ccc(N=c2scc(-c3ccc(OC)cc3)n2N2CCOCC2)cc1. The summed E-state index contributed by atoms with van der Waals surface area (Å²) in [7, 11) is 1.68. The van der Waals surface area contributed by atoms with Crippen LogP contribution in [0.15, 0.2) is 58.9 Å². The van der Waals surface area contributed by atoms with E-state index in [0.29, 0.717) is 19.8 Å². The van der Waals surface area contributed by atoms with E-state index in [1.807, 2.05) is 43.3 Å². The van der Waals surface area contributed by atoms with Crippen molar-refractivity contribution in [1.82, 2.24) is 4.68 Å². The molecule has 0 spiro atoms. The quantitative estimate of drug-likeness (QED) is 0.512. The Morgan fingerprint density at radius 1 is 1.00 bits per heavy atom. The fraction of sp³-hybridized carbons (Fsp3) is 0.318. The predicted octanol–water partition coefficient (Wildman–Crippen LogP) is 4.40. The second kappa shape index (κ2) is 10.7. The van der Waals surface area contributed by atoms with Gasteiger partial charge in [0, 0.05) is 10.9 Å². The van der Waals surface area contributed by atoms with Crippen LogP contribution >= 0.6 is 28.3 Å². The Labute approximate surface area is 191 Å². The minimum absolute atomic E-state index is 0. The van der Waals surface area contributed by atoms with Crippen molar-refractivity contribution in [3.63, 3.8) is 0 Å². The summed E-state index contributed by atoms with van der Waals surface area (Å²) in [4.78, 5) is 5.85. The van der Waals surface area contributed by atoms with Crippen LogP contribution in [0.4, 0.5) is 5.69 Å². The van der Waals surface area contributed by atoms with Crippen LogP contribution < -0.4 is 19.3 Å². The molecule has 3 aromatic rings. The topological polar surface area (TPSA) is 48.2 Å². The van der Waals surface area contributed by atoms with Crippen LogP contribution in [0, 0.1) is 0 Å². The first kappa shape index (κ1) is 22.4. The van der Waals surface area contributed by atoms with Gasteiger partial charge >= 0.3 is 0 Å². The third-order valence-electron chi connectivity index (χ3n) is 4.71. The van der Waals surface area contributed by atoms with E-state index in [-0.39, 0.29) is 17.0 Å². The van der Waals surface area contributed by atoms with Crippen LogP contribution in [0.5, 0.6) is 11.5 Å². The lowest BCUT2D eigenvalue weighted by Gasteiger charge is -2.31. The van der Waals surface area contributed by atoms with Crippen LogP contribution in [0.1, 0.15) is 6.92 Å². The van der Waals surface area contributed by atoms with Crippen LogP contribution in [-0.4, -0.2) is 44.7 Å². The number of hydrogen-bond donors (Lipinski definition) is 0. The van der Waals surface area contributed by atoms with Gasteiger partial charge in [-0.3, -0.25) is 0 Å². The van der Waals surface area contributed by atoms with Crippen molar-refractivity contribution in [2.75, 3.05) is 45.0 Å². The molecule has 2 heterocycles. The lowest BCUT2D eigenvalue weighted by atomic mass is 10.2. The van der Waals surface area contributed by atoms with Crippen molar-refractivity contribution < 1.29 is 14.2 Å².